The molecule has 0 unspecified atom stereocenters. The van der Waals surface area contributed by atoms with Crippen LogP contribution in [0.4, 0.5) is 0 Å². The summed E-state index contributed by atoms with van der Waals surface area (Å²) in [6, 6.07) is 12.2. The molecule has 1 aromatic heterocycles. The van der Waals surface area contributed by atoms with Gasteiger partial charge in [-0.3, -0.25) is 0 Å². The summed E-state index contributed by atoms with van der Waals surface area (Å²) < 4.78 is 4.36. The van der Waals surface area contributed by atoms with E-state index in [1.165, 1.54) is 17.1 Å². The normalized spacial score (nSPS) is 11.7. The van der Waals surface area contributed by atoms with Crippen LogP contribution in [0.2, 0.25) is 0 Å². The first-order chi connectivity index (χ1) is 7.54. The van der Waals surface area contributed by atoms with E-state index < -0.39 is 5.60 Å². The Morgan fingerprint density at radius 3 is 2.56 bits per heavy atom. The van der Waals surface area contributed by atoms with Crippen molar-refractivity contribution in [2.24, 2.45) is 0 Å². The third-order valence-electron chi connectivity index (χ3n) is 2.23. The van der Waals surface area contributed by atoms with Gasteiger partial charge < -0.3 is 5.11 Å². The van der Waals surface area contributed by atoms with Gasteiger partial charge in [0.2, 0.25) is 0 Å². The summed E-state index contributed by atoms with van der Waals surface area (Å²) in [5.74, 6) is 0. The summed E-state index contributed by atoms with van der Waals surface area (Å²) in [5.41, 5.74) is 1.44. The van der Waals surface area contributed by atoms with Crippen LogP contribution in [-0.4, -0.2) is 15.1 Å². The number of rotatable bonds is 3. The fourth-order valence-electron chi connectivity index (χ4n) is 1.58. The zero-order chi connectivity index (χ0) is 11.6. The van der Waals surface area contributed by atoms with Crippen LogP contribution in [0.1, 0.15) is 19.5 Å². The lowest BCUT2D eigenvalue weighted by molar-refractivity contribution is 0.0802. The van der Waals surface area contributed by atoms with Crippen molar-refractivity contribution >= 4 is 11.5 Å². The standard InChI is InChI=1S/C13H15NOS/c1-13(2,15)9-11-8-12(16-14-11)10-6-4-3-5-7-10/h3-8,15H,9H2,1-2H3. The lowest BCUT2D eigenvalue weighted by Gasteiger charge is -2.14. The molecule has 0 amide bonds. The first-order valence-corrected chi connectivity index (χ1v) is 6.05. The van der Waals surface area contributed by atoms with Gasteiger partial charge in [0, 0.05) is 6.42 Å². The Hall–Kier alpha value is -1.19. The molecule has 3 heteroatoms. The highest BCUT2D eigenvalue weighted by molar-refractivity contribution is 7.09. The molecule has 0 aliphatic carbocycles. The SMILES string of the molecule is CC(C)(O)Cc1cc(-c2ccccc2)sn1. The fourth-order valence-corrected chi connectivity index (χ4v) is 2.34. The maximum absolute atomic E-state index is 9.72. The predicted octanol–water partition coefficient (Wildman–Crippen LogP) is 3.12. The van der Waals surface area contributed by atoms with Crippen LogP contribution in [0.3, 0.4) is 0 Å². The van der Waals surface area contributed by atoms with Crippen molar-refractivity contribution in [3.8, 4) is 10.4 Å². The Kier molecular flexibility index (Phi) is 3.08. The van der Waals surface area contributed by atoms with Crippen molar-refractivity contribution in [1.29, 1.82) is 0 Å². The van der Waals surface area contributed by atoms with Gasteiger partial charge in [-0.05, 0) is 37.0 Å². The zero-order valence-electron chi connectivity index (χ0n) is 9.47. The molecule has 2 rings (SSSR count). The largest absolute Gasteiger partial charge is 0.390 e. The van der Waals surface area contributed by atoms with Crippen LogP contribution < -0.4 is 0 Å². The summed E-state index contributed by atoms with van der Waals surface area (Å²) in [6.07, 6.45) is 0.594. The molecule has 0 atom stereocenters. The summed E-state index contributed by atoms with van der Waals surface area (Å²) in [7, 11) is 0. The summed E-state index contributed by atoms with van der Waals surface area (Å²) in [5, 5.41) is 9.72. The monoisotopic (exact) mass is 233 g/mol. The Morgan fingerprint density at radius 1 is 1.25 bits per heavy atom. The lowest BCUT2D eigenvalue weighted by atomic mass is 10.0. The third kappa shape index (κ3) is 2.90. The van der Waals surface area contributed by atoms with Gasteiger partial charge in [0.05, 0.1) is 16.2 Å². The van der Waals surface area contributed by atoms with Crippen LogP contribution in [-0.2, 0) is 6.42 Å². The lowest BCUT2D eigenvalue weighted by Crippen LogP contribution is -2.21. The highest BCUT2D eigenvalue weighted by atomic mass is 32.1. The predicted molar refractivity (Wildman–Crippen MR) is 67.6 cm³/mol. The maximum Gasteiger partial charge on any atom is 0.0647 e. The van der Waals surface area contributed by atoms with Crippen molar-refractivity contribution in [3.05, 3.63) is 42.1 Å². The molecule has 16 heavy (non-hydrogen) atoms. The first-order valence-electron chi connectivity index (χ1n) is 5.28. The molecule has 84 valence electrons. The molecular formula is C13H15NOS. The van der Waals surface area contributed by atoms with E-state index in [1.54, 1.807) is 13.8 Å². The number of aliphatic hydroxyl groups is 1. The molecule has 1 aromatic carbocycles. The molecule has 1 N–H and O–H groups in total. The van der Waals surface area contributed by atoms with Gasteiger partial charge in [0.1, 0.15) is 0 Å². The quantitative estimate of drug-likeness (QED) is 0.883. The van der Waals surface area contributed by atoms with Crippen molar-refractivity contribution in [2.45, 2.75) is 25.9 Å². The van der Waals surface area contributed by atoms with Gasteiger partial charge >= 0.3 is 0 Å². The Bertz CT molecular complexity index is 456. The van der Waals surface area contributed by atoms with E-state index in [1.807, 2.05) is 18.2 Å². The summed E-state index contributed by atoms with van der Waals surface area (Å²) >= 11 is 1.48. The molecule has 0 spiro atoms. The highest BCUT2D eigenvalue weighted by Gasteiger charge is 2.15. The van der Waals surface area contributed by atoms with Crippen molar-refractivity contribution in [2.75, 3.05) is 0 Å². The number of hydrogen-bond acceptors (Lipinski definition) is 3. The zero-order valence-corrected chi connectivity index (χ0v) is 10.3. The highest BCUT2D eigenvalue weighted by Crippen LogP contribution is 2.25. The van der Waals surface area contributed by atoms with Crippen LogP contribution in [0, 0.1) is 0 Å². The van der Waals surface area contributed by atoms with Gasteiger partial charge in [-0.25, -0.2) is 0 Å². The maximum atomic E-state index is 9.72. The second-order valence-electron chi connectivity index (χ2n) is 4.54. The number of benzene rings is 1. The van der Waals surface area contributed by atoms with E-state index in [-0.39, 0.29) is 0 Å². The number of nitrogens with zero attached hydrogens (tertiary/aromatic N) is 1. The van der Waals surface area contributed by atoms with Crippen molar-refractivity contribution < 1.29 is 5.11 Å². The van der Waals surface area contributed by atoms with Crippen LogP contribution in [0.5, 0.6) is 0 Å². The Balaban J connectivity index is 2.21. The summed E-state index contributed by atoms with van der Waals surface area (Å²) in [6.45, 7) is 3.60. The molecule has 0 saturated heterocycles. The van der Waals surface area contributed by atoms with Gasteiger partial charge in [0.25, 0.3) is 0 Å². The fraction of sp³-hybridized carbons (Fsp3) is 0.308. The van der Waals surface area contributed by atoms with E-state index in [9.17, 15) is 5.11 Å². The molecule has 0 aliphatic heterocycles. The molecule has 2 aromatic rings. The minimum atomic E-state index is -0.692. The van der Waals surface area contributed by atoms with E-state index >= 15 is 0 Å². The van der Waals surface area contributed by atoms with Crippen molar-refractivity contribution in [3.63, 3.8) is 0 Å². The molecule has 0 aliphatic rings. The Labute approximate surface area is 99.7 Å². The van der Waals surface area contributed by atoms with Crippen molar-refractivity contribution in [1.82, 2.24) is 4.37 Å². The molecule has 0 saturated carbocycles. The molecule has 0 fully saturated rings. The molecule has 0 radical (unpaired) electrons. The second kappa shape index (κ2) is 4.36. The number of hydrogen-bond donors (Lipinski definition) is 1. The van der Waals surface area contributed by atoms with E-state index in [0.717, 1.165) is 10.6 Å². The van der Waals surface area contributed by atoms with E-state index in [2.05, 4.69) is 22.6 Å². The minimum Gasteiger partial charge on any atom is -0.390 e. The van der Waals surface area contributed by atoms with Crippen LogP contribution in [0.25, 0.3) is 10.4 Å². The Morgan fingerprint density at radius 2 is 1.94 bits per heavy atom. The van der Waals surface area contributed by atoms with Gasteiger partial charge in [0.15, 0.2) is 0 Å². The van der Waals surface area contributed by atoms with E-state index in [4.69, 9.17) is 0 Å². The van der Waals surface area contributed by atoms with Crippen LogP contribution in [0.15, 0.2) is 36.4 Å². The van der Waals surface area contributed by atoms with Gasteiger partial charge in [-0.2, -0.15) is 4.37 Å². The molecular weight excluding hydrogens is 218 g/mol. The smallest absolute Gasteiger partial charge is 0.0647 e. The van der Waals surface area contributed by atoms with E-state index in [0.29, 0.717) is 6.42 Å². The topological polar surface area (TPSA) is 33.1 Å². The molecule has 2 nitrogen and oxygen atoms in total. The van der Waals surface area contributed by atoms with Gasteiger partial charge in [-0.1, -0.05) is 30.3 Å². The molecule has 0 bridgehead atoms. The molecule has 1 heterocycles. The third-order valence-corrected chi connectivity index (χ3v) is 3.11. The second-order valence-corrected chi connectivity index (χ2v) is 5.34. The van der Waals surface area contributed by atoms with Crippen LogP contribution >= 0.6 is 11.5 Å². The summed E-state index contributed by atoms with van der Waals surface area (Å²) in [4.78, 5) is 1.15. The average molecular weight is 233 g/mol. The minimum absolute atomic E-state index is 0.594. The number of aromatic nitrogens is 1. The van der Waals surface area contributed by atoms with Gasteiger partial charge in [-0.15, -0.1) is 0 Å². The average Bonchev–Trinajstić information content (AvgIpc) is 2.65. The first kappa shape index (κ1) is 11.3.